The van der Waals surface area contributed by atoms with Crippen LogP contribution in [0.3, 0.4) is 0 Å². The fraction of sp³-hybridized carbons (Fsp3) is 0.524. The third-order valence-electron chi connectivity index (χ3n) is 4.77. The molecule has 0 unspecified atom stereocenters. The number of unbranched alkanes of at least 4 members (excludes halogenated alkanes) is 4. The average Bonchev–Trinajstić information content (AvgIpc) is 2.61. The van der Waals surface area contributed by atoms with E-state index in [1.54, 1.807) is 0 Å². The number of nitrogens with zero attached hydrogens (tertiary/aromatic N) is 1. The first kappa shape index (κ1) is 20.2. The van der Waals surface area contributed by atoms with E-state index in [2.05, 4.69) is 0 Å². The van der Waals surface area contributed by atoms with E-state index in [9.17, 15) is 9.59 Å². The summed E-state index contributed by atoms with van der Waals surface area (Å²) in [4.78, 5) is 26.6. The highest BCUT2D eigenvalue weighted by Gasteiger charge is 2.15. The molecule has 1 aromatic heterocycles. The molecule has 142 valence electrons. The lowest BCUT2D eigenvalue weighted by Gasteiger charge is -2.14. The summed E-state index contributed by atoms with van der Waals surface area (Å²) in [5.41, 5.74) is 2.41. The zero-order chi connectivity index (χ0) is 19.1. The molecular formula is C21H29NO4. The number of Topliss-reactive ketones (excluding diaryl/α,β-unsaturated/α-hetero) is 1. The molecule has 0 amide bonds. The van der Waals surface area contributed by atoms with Crippen molar-refractivity contribution in [3.8, 4) is 0 Å². The summed E-state index contributed by atoms with van der Waals surface area (Å²) >= 11 is 0. The lowest BCUT2D eigenvalue weighted by Crippen LogP contribution is -2.15. The molecule has 0 fully saturated rings. The molecule has 0 saturated heterocycles. The van der Waals surface area contributed by atoms with Crippen LogP contribution in [0.25, 0.3) is 11.0 Å². The van der Waals surface area contributed by atoms with Crippen LogP contribution in [0.15, 0.2) is 27.4 Å². The predicted molar refractivity (Wildman–Crippen MR) is 105 cm³/mol. The highest BCUT2D eigenvalue weighted by molar-refractivity contribution is 5.87. The summed E-state index contributed by atoms with van der Waals surface area (Å²) in [5.74, 6) is 0.0758. The number of carbonyl (C=O) groups is 1. The second kappa shape index (κ2) is 9.53. The molecule has 0 aliphatic heterocycles. The summed E-state index contributed by atoms with van der Waals surface area (Å²) in [6.45, 7) is 2.11. The van der Waals surface area contributed by atoms with Crippen molar-refractivity contribution in [1.29, 1.82) is 0 Å². The quantitative estimate of drug-likeness (QED) is 0.518. The molecule has 1 aromatic carbocycles. The predicted octanol–water partition coefficient (Wildman–Crippen LogP) is 3.61. The van der Waals surface area contributed by atoms with Crippen molar-refractivity contribution >= 4 is 22.4 Å². The minimum absolute atomic E-state index is 0.0758. The van der Waals surface area contributed by atoms with Gasteiger partial charge in [0.05, 0.1) is 0 Å². The maximum atomic E-state index is 12.4. The Kier molecular flexibility index (Phi) is 7.39. The van der Waals surface area contributed by atoms with E-state index in [-0.39, 0.29) is 18.8 Å². The Morgan fingerprint density at radius 2 is 1.81 bits per heavy atom. The van der Waals surface area contributed by atoms with Gasteiger partial charge in [-0.15, -0.1) is 0 Å². The zero-order valence-corrected chi connectivity index (χ0v) is 16.0. The molecule has 5 nitrogen and oxygen atoms in total. The summed E-state index contributed by atoms with van der Waals surface area (Å²) < 4.78 is 5.48. The monoisotopic (exact) mass is 359 g/mol. The van der Waals surface area contributed by atoms with E-state index in [0.717, 1.165) is 48.7 Å². The standard InChI is InChI=1S/C21H29NO4/c1-15-18-11-10-16(22(2)3)13-20(18)26-21(25)19(15)14-17(24)9-7-5-4-6-8-12-23/h10-11,13,23H,4-9,12,14H2,1-3H3. The van der Waals surface area contributed by atoms with Crippen LogP contribution >= 0.6 is 0 Å². The third kappa shape index (κ3) is 5.18. The van der Waals surface area contributed by atoms with Crippen LogP contribution in [0, 0.1) is 6.92 Å². The van der Waals surface area contributed by atoms with Crippen LogP contribution in [0.4, 0.5) is 5.69 Å². The third-order valence-corrected chi connectivity index (χ3v) is 4.77. The van der Waals surface area contributed by atoms with Crippen molar-refractivity contribution in [1.82, 2.24) is 0 Å². The van der Waals surface area contributed by atoms with Gasteiger partial charge in [-0.1, -0.05) is 19.3 Å². The number of hydrogen-bond acceptors (Lipinski definition) is 5. The van der Waals surface area contributed by atoms with Gasteiger partial charge < -0.3 is 14.4 Å². The minimum atomic E-state index is -0.415. The Hall–Kier alpha value is -2.14. The molecule has 0 saturated carbocycles. The second-order valence-electron chi connectivity index (χ2n) is 7.02. The Labute approximate surface area is 154 Å². The van der Waals surface area contributed by atoms with Gasteiger partial charge in [-0.05, 0) is 37.5 Å². The fourth-order valence-corrected chi connectivity index (χ4v) is 3.12. The molecule has 0 radical (unpaired) electrons. The Morgan fingerprint density at radius 1 is 1.12 bits per heavy atom. The largest absolute Gasteiger partial charge is 0.422 e. The molecule has 0 aliphatic rings. The van der Waals surface area contributed by atoms with Crippen LogP contribution in [-0.4, -0.2) is 31.6 Å². The molecule has 5 heteroatoms. The van der Waals surface area contributed by atoms with Gasteiger partial charge in [-0.25, -0.2) is 4.79 Å². The summed E-state index contributed by atoms with van der Waals surface area (Å²) in [7, 11) is 3.87. The summed E-state index contributed by atoms with van der Waals surface area (Å²) in [5, 5.41) is 9.63. The Balaban J connectivity index is 2.06. The first-order chi connectivity index (χ1) is 12.4. The van der Waals surface area contributed by atoms with Crippen molar-refractivity contribution in [3.63, 3.8) is 0 Å². The van der Waals surface area contributed by atoms with Gasteiger partial charge >= 0.3 is 5.63 Å². The van der Waals surface area contributed by atoms with E-state index in [1.165, 1.54) is 0 Å². The molecule has 0 aliphatic carbocycles. The smallest absolute Gasteiger partial charge is 0.340 e. The summed E-state index contributed by atoms with van der Waals surface area (Å²) in [6.07, 6.45) is 5.26. The topological polar surface area (TPSA) is 70.7 Å². The number of aliphatic hydroxyl groups excluding tert-OH is 1. The molecular weight excluding hydrogens is 330 g/mol. The highest BCUT2D eigenvalue weighted by atomic mass is 16.4. The molecule has 2 rings (SSSR count). The van der Waals surface area contributed by atoms with E-state index in [1.807, 2.05) is 44.1 Å². The van der Waals surface area contributed by atoms with Crippen molar-refractivity contribution in [2.45, 2.75) is 51.9 Å². The number of fused-ring (bicyclic) bond motifs is 1. The van der Waals surface area contributed by atoms with Gasteiger partial charge in [0.1, 0.15) is 11.4 Å². The maximum Gasteiger partial charge on any atom is 0.340 e. The minimum Gasteiger partial charge on any atom is -0.422 e. The van der Waals surface area contributed by atoms with E-state index in [4.69, 9.17) is 9.52 Å². The Bertz CT molecular complexity index is 807. The van der Waals surface area contributed by atoms with Gasteiger partial charge in [0.15, 0.2) is 0 Å². The van der Waals surface area contributed by atoms with E-state index in [0.29, 0.717) is 17.6 Å². The molecule has 2 aromatic rings. The Morgan fingerprint density at radius 3 is 2.50 bits per heavy atom. The van der Waals surface area contributed by atoms with E-state index >= 15 is 0 Å². The van der Waals surface area contributed by atoms with Crippen molar-refractivity contribution < 1.29 is 14.3 Å². The number of aryl methyl sites for hydroxylation is 1. The first-order valence-electron chi connectivity index (χ1n) is 9.30. The molecule has 1 heterocycles. The van der Waals surface area contributed by atoms with Crippen molar-refractivity contribution in [3.05, 3.63) is 39.7 Å². The number of hydrogen-bond donors (Lipinski definition) is 1. The van der Waals surface area contributed by atoms with Crippen molar-refractivity contribution in [2.24, 2.45) is 0 Å². The van der Waals surface area contributed by atoms with Gasteiger partial charge in [0.25, 0.3) is 0 Å². The number of benzene rings is 1. The van der Waals surface area contributed by atoms with E-state index < -0.39 is 5.63 Å². The average molecular weight is 359 g/mol. The maximum absolute atomic E-state index is 12.4. The zero-order valence-electron chi connectivity index (χ0n) is 16.0. The molecule has 0 bridgehead atoms. The molecule has 0 spiro atoms. The fourth-order valence-electron chi connectivity index (χ4n) is 3.12. The number of anilines is 1. The van der Waals surface area contributed by atoms with Crippen LogP contribution in [0.5, 0.6) is 0 Å². The lowest BCUT2D eigenvalue weighted by molar-refractivity contribution is -0.118. The van der Waals surface area contributed by atoms with Crippen LogP contribution < -0.4 is 10.5 Å². The molecule has 1 N–H and O–H groups in total. The van der Waals surface area contributed by atoms with Crippen LogP contribution in [0.1, 0.15) is 49.7 Å². The SMILES string of the molecule is Cc1c(CC(=O)CCCCCCCO)c(=O)oc2cc(N(C)C)ccc12. The highest BCUT2D eigenvalue weighted by Crippen LogP contribution is 2.24. The van der Waals surface area contributed by atoms with Gasteiger partial charge in [-0.3, -0.25) is 4.79 Å². The number of rotatable bonds is 10. The number of aliphatic hydroxyl groups is 1. The normalized spacial score (nSPS) is 11.1. The number of carbonyl (C=O) groups excluding carboxylic acids is 1. The second-order valence-corrected chi connectivity index (χ2v) is 7.02. The molecule has 0 atom stereocenters. The van der Waals surface area contributed by atoms with Gasteiger partial charge in [0, 0.05) is 56.2 Å². The lowest BCUT2D eigenvalue weighted by atomic mass is 9.99. The van der Waals surface area contributed by atoms with Crippen LogP contribution in [-0.2, 0) is 11.2 Å². The van der Waals surface area contributed by atoms with Crippen molar-refractivity contribution in [2.75, 3.05) is 25.6 Å². The van der Waals surface area contributed by atoms with Gasteiger partial charge in [-0.2, -0.15) is 0 Å². The van der Waals surface area contributed by atoms with Gasteiger partial charge in [0.2, 0.25) is 0 Å². The summed E-state index contributed by atoms with van der Waals surface area (Å²) in [6, 6.07) is 5.77. The van der Waals surface area contributed by atoms with Crippen LogP contribution in [0.2, 0.25) is 0 Å². The molecule has 26 heavy (non-hydrogen) atoms. The number of ketones is 1. The first-order valence-corrected chi connectivity index (χ1v) is 9.30.